The standard InChI is InChI=1S/C33H26F45NSi/c34-13(35,16(40,41)19(46,47)22(52,53)25(58,59)28(64,65)31(70,71)72)7-1-4-10-80(79,11-5-2-8-14(36,37)17(42,43)20(48,49)23(54,55)26(60,61)29(66,67)32(73,74)75)12-6-3-9-15(38,39)18(44,45)21(50,51)24(56,57)27(62,63)30(68,69)33(76,77)78/h1-12,79H2. The van der Waals surface area contributed by atoms with Crippen LogP contribution in [0.3, 0.4) is 0 Å². The smallest absolute Gasteiger partial charge is 0.351 e. The van der Waals surface area contributed by atoms with Crippen molar-refractivity contribution in [1.82, 2.24) is 0 Å². The van der Waals surface area contributed by atoms with Crippen LogP contribution in [0, 0.1) is 0 Å². The molecule has 47 heteroatoms. The molecule has 80 heavy (non-hydrogen) atoms. The van der Waals surface area contributed by atoms with Crippen LogP contribution in [0.25, 0.3) is 0 Å². The van der Waals surface area contributed by atoms with Gasteiger partial charge in [0.25, 0.3) is 0 Å². The molecule has 0 aromatic heterocycles. The summed E-state index contributed by atoms with van der Waals surface area (Å²) in [6.07, 6.45) is -45.7. The van der Waals surface area contributed by atoms with Crippen LogP contribution in [0.15, 0.2) is 0 Å². The molecular formula is C33H26F45NSi. The maximum atomic E-state index is 14.4. The molecule has 1 nitrogen and oxygen atoms in total. The van der Waals surface area contributed by atoms with Gasteiger partial charge in [0.1, 0.15) is 8.24 Å². The lowest BCUT2D eigenvalue weighted by atomic mass is 9.89. The van der Waals surface area contributed by atoms with Crippen LogP contribution in [0.4, 0.5) is 198 Å². The van der Waals surface area contributed by atoms with Gasteiger partial charge < -0.3 is 5.40 Å². The van der Waals surface area contributed by atoms with Crippen molar-refractivity contribution >= 4 is 8.24 Å². The van der Waals surface area contributed by atoms with Gasteiger partial charge in [0.05, 0.1) is 0 Å². The summed E-state index contributed by atoms with van der Waals surface area (Å²) in [5.74, 6) is -150. The largest absolute Gasteiger partial charge is 0.460 e. The van der Waals surface area contributed by atoms with Gasteiger partial charge in [-0.05, 0) is 37.4 Å². The maximum absolute atomic E-state index is 14.4. The lowest BCUT2D eigenvalue weighted by molar-refractivity contribution is -0.452. The van der Waals surface area contributed by atoms with E-state index in [0.717, 1.165) is 0 Å². The highest BCUT2D eigenvalue weighted by Gasteiger charge is 2.96. The van der Waals surface area contributed by atoms with Crippen molar-refractivity contribution in [2.75, 3.05) is 0 Å². The van der Waals surface area contributed by atoms with Gasteiger partial charge in [-0.15, -0.1) is 0 Å². The third-order valence-electron chi connectivity index (χ3n) is 11.4. The van der Waals surface area contributed by atoms with E-state index in [9.17, 15) is 198 Å². The number of alkyl halides is 45. The molecule has 0 radical (unpaired) electrons. The zero-order chi connectivity index (χ0) is 65.5. The second kappa shape index (κ2) is 21.5. The van der Waals surface area contributed by atoms with E-state index in [1.54, 1.807) is 0 Å². The van der Waals surface area contributed by atoms with Crippen LogP contribution in [0.1, 0.15) is 57.8 Å². The Morgan fingerprint density at radius 2 is 0.300 bits per heavy atom. The zero-order valence-electron chi connectivity index (χ0n) is 37.1. The summed E-state index contributed by atoms with van der Waals surface area (Å²) in [6.45, 7) is 0. The minimum Gasteiger partial charge on any atom is -0.351 e. The Kier molecular flexibility index (Phi) is 20.7. The molecule has 0 heterocycles. The van der Waals surface area contributed by atoms with Crippen molar-refractivity contribution in [2.45, 2.75) is 201 Å². The summed E-state index contributed by atoms with van der Waals surface area (Å²) in [4.78, 5) is 0. The molecule has 0 amide bonds. The van der Waals surface area contributed by atoms with Gasteiger partial charge in [0.2, 0.25) is 0 Å². The fraction of sp³-hybridized carbons (Fsp3) is 1.00. The molecule has 0 fully saturated rings. The van der Waals surface area contributed by atoms with E-state index in [1.165, 1.54) is 0 Å². The predicted octanol–water partition coefficient (Wildman–Crippen LogP) is 18.5. The van der Waals surface area contributed by atoms with E-state index in [4.69, 9.17) is 5.40 Å². The summed E-state index contributed by atoms with van der Waals surface area (Å²) >= 11 is 0. The van der Waals surface area contributed by atoms with Crippen LogP contribution in [-0.2, 0) is 0 Å². The Bertz CT molecular complexity index is 1830. The molecule has 0 bridgehead atoms. The number of halogens is 45. The molecule has 0 aromatic carbocycles. The van der Waals surface area contributed by atoms with Crippen molar-refractivity contribution in [3.05, 3.63) is 0 Å². The molecule has 0 aliphatic heterocycles. The number of hydrogen-bond donors (Lipinski definition) is 1. The maximum Gasteiger partial charge on any atom is 0.460 e. The first-order chi connectivity index (χ1) is 34.1. The predicted molar refractivity (Wildman–Crippen MR) is 173 cm³/mol. The summed E-state index contributed by atoms with van der Waals surface area (Å²) < 4.78 is 609. The van der Waals surface area contributed by atoms with Crippen molar-refractivity contribution < 1.29 is 198 Å². The number of hydrogen-bond acceptors (Lipinski definition) is 1. The van der Waals surface area contributed by atoms with Crippen molar-refractivity contribution in [1.29, 1.82) is 0 Å². The van der Waals surface area contributed by atoms with Crippen LogP contribution < -0.4 is 5.40 Å². The second-order valence-electron chi connectivity index (χ2n) is 17.2. The summed E-state index contributed by atoms with van der Waals surface area (Å²) in [5, 5.41) is 5.69. The SMILES string of the molecule is N[Si](CCCCC(F)(F)C(F)(F)C(F)(F)C(F)(F)C(F)(F)C(F)(F)C(F)(F)F)(CCCCC(F)(F)C(F)(F)C(F)(F)C(F)(F)C(F)(F)C(F)(F)C(F)(F)F)CCCCC(F)(F)C(F)(F)C(F)(F)C(F)(F)C(F)(F)C(F)(F)C(F)(F)F. The van der Waals surface area contributed by atoms with Gasteiger partial charge in [0.15, 0.2) is 0 Å². The van der Waals surface area contributed by atoms with Crippen molar-refractivity contribution in [3.63, 3.8) is 0 Å². The normalized spacial score (nSPS) is 16.7. The Morgan fingerprint density at radius 1 is 0.175 bits per heavy atom. The van der Waals surface area contributed by atoms with Gasteiger partial charge in [-0.2, -0.15) is 198 Å². The molecule has 482 valence electrons. The van der Waals surface area contributed by atoms with Gasteiger partial charge in [-0.25, -0.2) is 0 Å². The number of rotatable bonds is 30. The van der Waals surface area contributed by atoms with E-state index in [-0.39, 0.29) is 0 Å². The quantitative estimate of drug-likeness (QED) is 0.0433. The zero-order valence-corrected chi connectivity index (χ0v) is 38.1. The van der Waals surface area contributed by atoms with Gasteiger partial charge >= 0.3 is 125 Å². The molecule has 2 N–H and O–H groups in total. The van der Waals surface area contributed by atoms with Crippen LogP contribution in [0.5, 0.6) is 0 Å². The first-order valence-electron chi connectivity index (χ1n) is 19.9. The van der Waals surface area contributed by atoms with E-state index in [0.29, 0.717) is 0 Å². The van der Waals surface area contributed by atoms with Gasteiger partial charge in [-0.1, -0.05) is 19.3 Å². The minimum atomic E-state index is -8.86. The first-order valence-corrected chi connectivity index (χ1v) is 22.6. The van der Waals surface area contributed by atoms with E-state index >= 15 is 0 Å². The first kappa shape index (κ1) is 77.0. The van der Waals surface area contributed by atoms with E-state index in [1.807, 2.05) is 0 Å². The molecule has 0 rings (SSSR count). The van der Waals surface area contributed by atoms with Gasteiger partial charge in [-0.3, -0.25) is 0 Å². The Hall–Kier alpha value is -2.97. The number of nitrogens with two attached hydrogens (primary N) is 1. The lowest BCUT2D eigenvalue weighted by Gasteiger charge is -2.41. The molecule has 0 spiro atoms. The average Bonchev–Trinajstić information content (AvgIpc) is 3.23. The van der Waals surface area contributed by atoms with Crippen molar-refractivity contribution in [3.8, 4) is 0 Å². The molecule has 0 aromatic rings. The van der Waals surface area contributed by atoms with Crippen LogP contribution in [0.2, 0.25) is 18.1 Å². The van der Waals surface area contributed by atoms with Crippen LogP contribution in [-0.4, -0.2) is 133 Å². The Morgan fingerprint density at radius 3 is 0.438 bits per heavy atom. The highest BCUT2D eigenvalue weighted by Crippen LogP contribution is 2.66. The number of unbranched alkanes of at least 4 members (excludes halogenated alkanes) is 3. The van der Waals surface area contributed by atoms with Gasteiger partial charge in [0, 0.05) is 19.3 Å². The highest BCUT2D eigenvalue weighted by atomic mass is 28.3. The molecule has 0 aliphatic rings. The molecule has 0 saturated carbocycles. The second-order valence-corrected chi connectivity index (χ2v) is 21.4. The van der Waals surface area contributed by atoms with E-state index < -0.39 is 209 Å². The van der Waals surface area contributed by atoms with E-state index in [2.05, 4.69) is 0 Å². The fourth-order valence-electron chi connectivity index (χ4n) is 6.32. The summed E-state index contributed by atoms with van der Waals surface area (Å²) in [6, 6.07) is -4.80. The molecule has 0 unspecified atom stereocenters. The minimum absolute atomic E-state index is 1.60. The Balaban J connectivity index is 7.09. The fourth-order valence-corrected chi connectivity index (χ4v) is 9.93. The van der Waals surface area contributed by atoms with Crippen molar-refractivity contribution in [2.24, 2.45) is 5.40 Å². The topological polar surface area (TPSA) is 26.0 Å². The molecule has 0 aliphatic carbocycles. The highest BCUT2D eigenvalue weighted by molar-refractivity contribution is 6.76. The van der Waals surface area contributed by atoms with Crippen LogP contribution >= 0.6 is 0 Å². The lowest BCUT2D eigenvalue weighted by Crippen LogP contribution is -2.72. The average molecular weight is 1320 g/mol. The third-order valence-corrected chi connectivity index (χ3v) is 15.5. The third kappa shape index (κ3) is 11.9. The summed E-state index contributed by atoms with van der Waals surface area (Å²) in [7, 11) is -5.04. The molecule has 0 saturated heterocycles. The Labute approximate surface area is 413 Å². The summed E-state index contributed by atoms with van der Waals surface area (Å²) in [5.41, 5.74) is 0. The molecular weight excluding hydrogens is 1290 g/mol. The monoisotopic (exact) mass is 1320 g/mol. The molecule has 0 atom stereocenters.